The molecule has 1 N–H and O–H groups in total. The number of methoxy groups -OCH3 is 1. The van der Waals surface area contributed by atoms with Crippen LogP contribution in [-0.4, -0.2) is 38.2 Å². The van der Waals surface area contributed by atoms with Gasteiger partial charge in [-0.25, -0.2) is 9.69 Å². The van der Waals surface area contributed by atoms with E-state index in [-0.39, 0.29) is 12.2 Å². The molecule has 4 amide bonds. The number of hydrogen-bond donors (Lipinski definition) is 1. The standard InChI is InChI=1S/C30H28BrIN2O6/c1-4-18(2)20-5-11-23(12-6-20)39-13-14-40-27-25(32)16-19(17-26(27)38-3)15-24-28(35)33-30(37)34(29(24)36)22-9-7-21(31)8-10-22/h5-12,15-18H,4,13-14H2,1-3H3,(H,33,35,37)/b24-15-/t18-/m1/s1. The fraction of sp³-hybridized carbons (Fsp3) is 0.233. The van der Waals surface area contributed by atoms with Gasteiger partial charge in [0.15, 0.2) is 11.5 Å². The summed E-state index contributed by atoms with van der Waals surface area (Å²) in [5.74, 6) is 0.731. The normalized spacial score (nSPS) is 15.2. The molecule has 1 heterocycles. The topological polar surface area (TPSA) is 94.2 Å². The number of imide groups is 2. The molecule has 0 aliphatic carbocycles. The number of ether oxygens (including phenoxy) is 3. The number of benzene rings is 3. The Balaban J connectivity index is 1.47. The van der Waals surface area contributed by atoms with Gasteiger partial charge < -0.3 is 14.2 Å². The summed E-state index contributed by atoms with van der Waals surface area (Å²) in [5, 5.41) is 2.23. The molecule has 0 radical (unpaired) electrons. The van der Waals surface area contributed by atoms with Crippen LogP contribution in [0.25, 0.3) is 6.08 Å². The van der Waals surface area contributed by atoms with Crippen molar-refractivity contribution in [1.29, 1.82) is 0 Å². The fourth-order valence-electron chi connectivity index (χ4n) is 4.04. The van der Waals surface area contributed by atoms with Crippen molar-refractivity contribution in [2.45, 2.75) is 26.2 Å². The highest BCUT2D eigenvalue weighted by Gasteiger charge is 2.36. The summed E-state index contributed by atoms with van der Waals surface area (Å²) < 4.78 is 18.8. The molecule has 1 aliphatic rings. The molecular weight excluding hydrogens is 691 g/mol. The zero-order valence-electron chi connectivity index (χ0n) is 22.2. The lowest BCUT2D eigenvalue weighted by Gasteiger charge is -2.26. The number of anilines is 1. The Labute approximate surface area is 254 Å². The van der Waals surface area contributed by atoms with Crippen molar-refractivity contribution >= 4 is 68.1 Å². The molecule has 0 spiro atoms. The second-order valence-corrected chi connectivity index (χ2v) is 11.1. The molecule has 0 aromatic heterocycles. The number of urea groups is 1. The van der Waals surface area contributed by atoms with E-state index in [0.717, 1.165) is 21.5 Å². The number of hydrogen-bond acceptors (Lipinski definition) is 6. The van der Waals surface area contributed by atoms with Crippen molar-refractivity contribution in [3.8, 4) is 17.2 Å². The molecule has 40 heavy (non-hydrogen) atoms. The average Bonchev–Trinajstić information content (AvgIpc) is 2.94. The van der Waals surface area contributed by atoms with Crippen molar-refractivity contribution in [2.75, 3.05) is 25.2 Å². The van der Waals surface area contributed by atoms with E-state index in [2.05, 4.69) is 69.8 Å². The van der Waals surface area contributed by atoms with E-state index in [1.54, 1.807) is 36.4 Å². The zero-order chi connectivity index (χ0) is 28.8. The predicted octanol–water partition coefficient (Wildman–Crippen LogP) is 6.70. The van der Waals surface area contributed by atoms with Crippen molar-refractivity contribution < 1.29 is 28.6 Å². The molecule has 4 rings (SSSR count). The number of carbonyl (C=O) groups is 3. The highest BCUT2D eigenvalue weighted by atomic mass is 127. The number of barbiturate groups is 1. The van der Waals surface area contributed by atoms with E-state index in [0.29, 0.717) is 38.8 Å². The fourth-order valence-corrected chi connectivity index (χ4v) is 5.09. The Bertz CT molecular complexity index is 1440. The van der Waals surface area contributed by atoms with Crippen LogP contribution in [0.3, 0.4) is 0 Å². The molecule has 0 saturated carbocycles. The van der Waals surface area contributed by atoms with Crippen LogP contribution in [0.5, 0.6) is 17.2 Å². The van der Waals surface area contributed by atoms with Crippen LogP contribution in [0.4, 0.5) is 10.5 Å². The average molecular weight is 719 g/mol. The van der Waals surface area contributed by atoms with Crippen LogP contribution in [0.1, 0.15) is 37.3 Å². The maximum atomic E-state index is 13.2. The first-order valence-corrected chi connectivity index (χ1v) is 14.5. The zero-order valence-corrected chi connectivity index (χ0v) is 25.9. The first kappa shape index (κ1) is 29.6. The van der Waals surface area contributed by atoms with Gasteiger partial charge in [0.25, 0.3) is 11.8 Å². The number of carbonyl (C=O) groups excluding carboxylic acids is 3. The summed E-state index contributed by atoms with van der Waals surface area (Å²) in [7, 11) is 1.51. The van der Waals surface area contributed by atoms with Crippen LogP contribution < -0.4 is 24.4 Å². The van der Waals surface area contributed by atoms with Gasteiger partial charge in [0.2, 0.25) is 0 Å². The molecule has 0 unspecified atom stereocenters. The van der Waals surface area contributed by atoms with Crippen LogP contribution in [0.15, 0.2) is 70.7 Å². The molecule has 1 fully saturated rings. The van der Waals surface area contributed by atoms with E-state index >= 15 is 0 Å². The van der Waals surface area contributed by atoms with Crippen LogP contribution in [0.2, 0.25) is 0 Å². The second kappa shape index (κ2) is 13.3. The van der Waals surface area contributed by atoms with Crippen molar-refractivity contribution in [3.63, 3.8) is 0 Å². The van der Waals surface area contributed by atoms with Crippen molar-refractivity contribution in [1.82, 2.24) is 5.32 Å². The monoisotopic (exact) mass is 718 g/mol. The van der Waals surface area contributed by atoms with E-state index in [9.17, 15) is 14.4 Å². The van der Waals surface area contributed by atoms with E-state index < -0.39 is 17.8 Å². The third-order valence-electron chi connectivity index (χ3n) is 6.41. The first-order chi connectivity index (χ1) is 19.2. The van der Waals surface area contributed by atoms with Crippen molar-refractivity contribution in [3.05, 3.63) is 85.4 Å². The Morgan fingerprint density at radius 1 is 1.00 bits per heavy atom. The smallest absolute Gasteiger partial charge is 0.335 e. The molecule has 3 aromatic carbocycles. The highest BCUT2D eigenvalue weighted by Crippen LogP contribution is 2.35. The summed E-state index contributed by atoms with van der Waals surface area (Å²) >= 11 is 5.44. The highest BCUT2D eigenvalue weighted by molar-refractivity contribution is 14.1. The number of nitrogens with one attached hydrogen (secondary N) is 1. The van der Waals surface area contributed by atoms with Crippen LogP contribution in [0, 0.1) is 3.57 Å². The molecule has 0 bridgehead atoms. The summed E-state index contributed by atoms with van der Waals surface area (Å²) in [6.45, 7) is 4.98. The molecule has 10 heteroatoms. The predicted molar refractivity (Wildman–Crippen MR) is 165 cm³/mol. The maximum absolute atomic E-state index is 13.2. The summed E-state index contributed by atoms with van der Waals surface area (Å²) in [5.41, 5.74) is 1.98. The van der Waals surface area contributed by atoms with Crippen LogP contribution >= 0.6 is 38.5 Å². The van der Waals surface area contributed by atoms with Gasteiger partial charge in [-0.1, -0.05) is 41.9 Å². The quantitative estimate of drug-likeness (QED) is 0.109. The number of rotatable bonds is 10. The third-order valence-corrected chi connectivity index (χ3v) is 7.74. The molecule has 3 aromatic rings. The minimum absolute atomic E-state index is 0.179. The minimum Gasteiger partial charge on any atom is -0.493 e. The number of nitrogens with zero attached hydrogens (tertiary/aromatic N) is 1. The van der Waals surface area contributed by atoms with Gasteiger partial charge in [0, 0.05) is 4.47 Å². The Kier molecular flexibility index (Phi) is 9.85. The lowest BCUT2D eigenvalue weighted by atomic mass is 9.99. The molecule has 8 nitrogen and oxygen atoms in total. The molecule has 1 saturated heterocycles. The maximum Gasteiger partial charge on any atom is 0.335 e. The third kappa shape index (κ3) is 6.84. The SMILES string of the molecule is CC[C@@H](C)c1ccc(OCCOc2c(I)cc(/C=C3/C(=O)NC(=O)N(c4ccc(Br)cc4)C3=O)cc2OC)cc1. The lowest BCUT2D eigenvalue weighted by Crippen LogP contribution is -2.54. The largest absolute Gasteiger partial charge is 0.493 e. The van der Waals surface area contributed by atoms with Gasteiger partial charge >= 0.3 is 6.03 Å². The summed E-state index contributed by atoms with van der Waals surface area (Å²) in [6.07, 6.45) is 2.51. The summed E-state index contributed by atoms with van der Waals surface area (Å²) in [4.78, 5) is 39.2. The molecular formula is C30H28BrIN2O6. The van der Waals surface area contributed by atoms with Gasteiger partial charge in [-0.2, -0.15) is 0 Å². The number of halogens is 2. The van der Waals surface area contributed by atoms with E-state index in [1.807, 2.05) is 12.1 Å². The van der Waals surface area contributed by atoms with Gasteiger partial charge in [-0.3, -0.25) is 14.9 Å². The number of amides is 4. The molecule has 208 valence electrons. The van der Waals surface area contributed by atoms with Gasteiger partial charge in [-0.15, -0.1) is 0 Å². The second-order valence-electron chi connectivity index (χ2n) is 9.04. The lowest BCUT2D eigenvalue weighted by molar-refractivity contribution is -0.122. The Morgan fingerprint density at radius 3 is 2.33 bits per heavy atom. The first-order valence-electron chi connectivity index (χ1n) is 12.6. The Hall–Kier alpha value is -3.38. The van der Waals surface area contributed by atoms with Crippen LogP contribution in [-0.2, 0) is 9.59 Å². The van der Waals surface area contributed by atoms with Gasteiger partial charge in [0.1, 0.15) is 24.5 Å². The van der Waals surface area contributed by atoms with Gasteiger partial charge in [-0.05, 0) is 101 Å². The van der Waals surface area contributed by atoms with E-state index in [1.165, 1.54) is 18.7 Å². The van der Waals surface area contributed by atoms with Crippen molar-refractivity contribution in [2.24, 2.45) is 0 Å². The van der Waals surface area contributed by atoms with Gasteiger partial charge in [0.05, 0.1) is 16.4 Å². The summed E-state index contributed by atoms with van der Waals surface area (Å²) in [6, 6.07) is 17.3. The molecule has 1 atom stereocenters. The molecule has 1 aliphatic heterocycles. The minimum atomic E-state index is -0.806. The Morgan fingerprint density at radius 2 is 1.68 bits per heavy atom. The van der Waals surface area contributed by atoms with E-state index in [4.69, 9.17) is 14.2 Å².